The molecule has 2 rings (SSSR count). The molecule has 0 aromatic carbocycles. The van der Waals surface area contributed by atoms with Crippen LogP contribution in [0.15, 0.2) is 37.7 Å². The Bertz CT molecular complexity index is 573. The number of nitrogens with zero attached hydrogens (tertiary/aromatic N) is 3. The van der Waals surface area contributed by atoms with Crippen LogP contribution in [0.4, 0.5) is 11.4 Å². The van der Waals surface area contributed by atoms with Crippen molar-refractivity contribution >= 4 is 22.4 Å². The predicted octanol–water partition coefficient (Wildman–Crippen LogP) is 4.19. The zero-order valence-corrected chi connectivity index (χ0v) is 12.8. The summed E-state index contributed by atoms with van der Waals surface area (Å²) in [6.07, 6.45) is 3.75. The molecule has 6 nitrogen and oxygen atoms in total. The number of hydrogen-bond donors (Lipinski definition) is 1. The summed E-state index contributed by atoms with van der Waals surface area (Å²) in [7, 11) is 0. The van der Waals surface area contributed by atoms with Gasteiger partial charge in [0.05, 0.1) is 10.4 Å². The van der Waals surface area contributed by atoms with E-state index in [0.717, 1.165) is 6.42 Å². The molecule has 0 saturated carbocycles. The number of aromatic nitrogens is 2. The van der Waals surface area contributed by atoms with Gasteiger partial charge in [-0.3, -0.25) is 15.1 Å². The fraction of sp³-hybridized carbons (Fsp3) is 0.333. The average molecular weight is 290 g/mol. The van der Waals surface area contributed by atoms with E-state index in [-0.39, 0.29) is 5.69 Å². The van der Waals surface area contributed by atoms with Gasteiger partial charge in [0.1, 0.15) is 17.4 Å². The Morgan fingerprint density at radius 3 is 2.57 bits per heavy atom. The van der Waals surface area contributed by atoms with Crippen molar-refractivity contribution in [2.75, 3.05) is 11.9 Å². The van der Waals surface area contributed by atoms with Gasteiger partial charge in [-0.1, -0.05) is 20.8 Å². The topological polar surface area (TPSA) is 81.0 Å². The van der Waals surface area contributed by atoms with Gasteiger partial charge in [-0.25, -0.2) is 4.98 Å². The summed E-state index contributed by atoms with van der Waals surface area (Å²) in [4.78, 5) is 18.7. The van der Waals surface area contributed by atoms with Gasteiger partial charge in [-0.2, -0.15) is 0 Å². The number of nitrogens with one attached hydrogen (secondary N) is 1. The molecule has 0 atom stereocenters. The Kier molecular flexibility index (Phi) is 9.08. The van der Waals surface area contributed by atoms with Crippen molar-refractivity contribution in [3.05, 3.63) is 47.8 Å². The molecule has 1 N–H and O–H groups in total. The molecule has 0 bridgehead atoms. The molecule has 0 fully saturated rings. The van der Waals surface area contributed by atoms with Crippen molar-refractivity contribution in [3.63, 3.8) is 0 Å². The summed E-state index contributed by atoms with van der Waals surface area (Å²) in [5.41, 5.74) is 1.60. The van der Waals surface area contributed by atoms with Crippen molar-refractivity contribution in [3.8, 4) is 0 Å². The maximum absolute atomic E-state index is 10.9. The molecule has 2 heterocycles. The Hall–Kier alpha value is -2.50. The molecular formula is C15H22N4O2. The first kappa shape index (κ1) is 18.5. The normalized spacial score (nSPS) is 8.90. The molecule has 6 heteroatoms. The highest BCUT2D eigenvalue weighted by atomic mass is 16.6. The number of anilines is 1. The first-order chi connectivity index (χ1) is 10.2. The van der Waals surface area contributed by atoms with E-state index >= 15 is 0 Å². The molecule has 0 unspecified atom stereocenters. The number of fused-ring (bicyclic) bond motifs is 1. The van der Waals surface area contributed by atoms with E-state index in [9.17, 15) is 10.1 Å². The lowest BCUT2D eigenvalue weighted by atomic mass is 10.2. The highest BCUT2D eigenvalue weighted by Gasteiger charge is 2.18. The second kappa shape index (κ2) is 10.3. The first-order valence-electron chi connectivity index (χ1n) is 6.86. The third-order valence-electron chi connectivity index (χ3n) is 2.35. The van der Waals surface area contributed by atoms with Gasteiger partial charge in [-0.05, 0) is 18.6 Å². The van der Waals surface area contributed by atoms with Gasteiger partial charge in [0.25, 0.3) is 0 Å². The standard InChI is InChI=1S/C11H12N4O2.C2H6.C2H4/c1-2-5-12-11-9(15(16)17)7-14-8-4-3-6-13-10(8)11;2*1-2/h3-4,6-7H,2,5H2,1H3,(H,12,14);1-2H3;1-2H2. The number of pyridine rings is 2. The maximum Gasteiger partial charge on any atom is 0.312 e. The lowest BCUT2D eigenvalue weighted by Crippen LogP contribution is -2.05. The van der Waals surface area contributed by atoms with Gasteiger partial charge in [0.15, 0.2) is 0 Å². The number of rotatable bonds is 4. The summed E-state index contributed by atoms with van der Waals surface area (Å²) in [5, 5.41) is 14.0. The van der Waals surface area contributed by atoms with Crippen LogP contribution in [0.5, 0.6) is 0 Å². The van der Waals surface area contributed by atoms with Crippen LogP contribution in [-0.2, 0) is 0 Å². The average Bonchev–Trinajstić information content (AvgIpc) is 2.56. The zero-order chi connectivity index (χ0) is 16.3. The van der Waals surface area contributed by atoms with Gasteiger partial charge in [0.2, 0.25) is 0 Å². The zero-order valence-electron chi connectivity index (χ0n) is 12.8. The number of hydrogen-bond acceptors (Lipinski definition) is 5. The van der Waals surface area contributed by atoms with Crippen molar-refractivity contribution in [1.82, 2.24) is 9.97 Å². The molecule has 0 spiro atoms. The van der Waals surface area contributed by atoms with E-state index in [0.29, 0.717) is 23.3 Å². The summed E-state index contributed by atoms with van der Waals surface area (Å²) in [5.74, 6) is 0. The van der Waals surface area contributed by atoms with Gasteiger partial charge in [-0.15, -0.1) is 13.2 Å². The molecule has 0 aliphatic heterocycles. The SMILES string of the molecule is C=C.CC.CCCNc1c([N+](=O)[O-])cnc2cccnc12. The maximum atomic E-state index is 10.9. The molecule has 2 aromatic rings. The lowest BCUT2D eigenvalue weighted by Gasteiger charge is -2.07. The van der Waals surface area contributed by atoms with Crippen LogP contribution in [0, 0.1) is 10.1 Å². The van der Waals surface area contributed by atoms with Crippen LogP contribution in [0.3, 0.4) is 0 Å². The molecule has 0 saturated heterocycles. The number of nitro groups is 1. The molecule has 114 valence electrons. The van der Waals surface area contributed by atoms with E-state index in [4.69, 9.17) is 0 Å². The van der Waals surface area contributed by atoms with Crippen LogP contribution >= 0.6 is 0 Å². The molecule has 0 aliphatic rings. The molecular weight excluding hydrogens is 268 g/mol. The summed E-state index contributed by atoms with van der Waals surface area (Å²) in [6.45, 7) is 12.7. The van der Waals surface area contributed by atoms with E-state index in [1.54, 1.807) is 18.3 Å². The Morgan fingerprint density at radius 1 is 1.33 bits per heavy atom. The molecule has 0 aliphatic carbocycles. The van der Waals surface area contributed by atoms with Gasteiger partial charge < -0.3 is 5.32 Å². The molecule has 0 radical (unpaired) electrons. The lowest BCUT2D eigenvalue weighted by molar-refractivity contribution is -0.384. The predicted molar refractivity (Wildman–Crippen MR) is 87.6 cm³/mol. The second-order valence-corrected chi connectivity index (χ2v) is 3.57. The summed E-state index contributed by atoms with van der Waals surface area (Å²) in [6, 6.07) is 3.54. The third-order valence-corrected chi connectivity index (χ3v) is 2.35. The highest BCUT2D eigenvalue weighted by molar-refractivity contribution is 5.92. The van der Waals surface area contributed by atoms with Crippen LogP contribution in [0.2, 0.25) is 0 Å². The van der Waals surface area contributed by atoms with Crippen LogP contribution in [0.25, 0.3) is 11.0 Å². The fourth-order valence-corrected chi connectivity index (χ4v) is 1.57. The highest BCUT2D eigenvalue weighted by Crippen LogP contribution is 2.29. The van der Waals surface area contributed by atoms with Crippen molar-refractivity contribution in [2.45, 2.75) is 27.2 Å². The Balaban J connectivity index is 0.000000921. The minimum atomic E-state index is -0.445. The van der Waals surface area contributed by atoms with E-state index < -0.39 is 4.92 Å². The Labute approximate surface area is 125 Å². The van der Waals surface area contributed by atoms with Crippen LogP contribution in [-0.4, -0.2) is 21.4 Å². The quantitative estimate of drug-likeness (QED) is 0.518. The van der Waals surface area contributed by atoms with Crippen molar-refractivity contribution in [2.24, 2.45) is 0 Å². The summed E-state index contributed by atoms with van der Waals surface area (Å²) >= 11 is 0. The molecule has 0 amide bonds. The smallest absolute Gasteiger partial charge is 0.312 e. The Morgan fingerprint density at radius 2 is 2.00 bits per heavy atom. The minimum absolute atomic E-state index is 0.0374. The van der Waals surface area contributed by atoms with Crippen LogP contribution < -0.4 is 5.32 Å². The fourth-order valence-electron chi connectivity index (χ4n) is 1.57. The molecule has 21 heavy (non-hydrogen) atoms. The summed E-state index contributed by atoms with van der Waals surface area (Å²) < 4.78 is 0. The first-order valence-corrected chi connectivity index (χ1v) is 6.86. The van der Waals surface area contributed by atoms with Gasteiger partial charge >= 0.3 is 5.69 Å². The van der Waals surface area contributed by atoms with E-state index in [2.05, 4.69) is 28.4 Å². The van der Waals surface area contributed by atoms with E-state index in [1.165, 1.54) is 6.20 Å². The van der Waals surface area contributed by atoms with Gasteiger partial charge in [0, 0.05) is 12.7 Å². The largest absolute Gasteiger partial charge is 0.378 e. The van der Waals surface area contributed by atoms with E-state index in [1.807, 2.05) is 20.8 Å². The van der Waals surface area contributed by atoms with Crippen molar-refractivity contribution < 1.29 is 4.92 Å². The second-order valence-electron chi connectivity index (χ2n) is 3.57. The monoisotopic (exact) mass is 290 g/mol. The van der Waals surface area contributed by atoms with Crippen LogP contribution in [0.1, 0.15) is 27.2 Å². The minimum Gasteiger partial charge on any atom is -0.378 e. The molecule has 2 aromatic heterocycles. The van der Waals surface area contributed by atoms with Crippen molar-refractivity contribution in [1.29, 1.82) is 0 Å². The third kappa shape index (κ3) is 4.83.